The molecule has 0 bridgehead atoms. The van der Waals surface area contributed by atoms with Crippen molar-refractivity contribution in [3.8, 4) is 17.2 Å². The Kier molecular flexibility index (Phi) is 6.63. The van der Waals surface area contributed by atoms with Gasteiger partial charge in [0.25, 0.3) is 0 Å². The summed E-state index contributed by atoms with van der Waals surface area (Å²) in [6.45, 7) is 3.48. The molecule has 1 aliphatic heterocycles. The molecule has 0 amide bonds. The molecular weight excluding hydrogens is 354 g/mol. The molecule has 1 aliphatic rings. The van der Waals surface area contributed by atoms with Crippen LogP contribution in [0.1, 0.15) is 23.6 Å². The van der Waals surface area contributed by atoms with Crippen molar-refractivity contribution in [2.45, 2.75) is 32.4 Å². The molecule has 1 unspecified atom stereocenters. The molecular formula is C22H29N3O3. The van der Waals surface area contributed by atoms with E-state index in [1.54, 1.807) is 21.3 Å². The number of benzene rings is 2. The van der Waals surface area contributed by atoms with Gasteiger partial charge in [-0.3, -0.25) is 4.99 Å². The van der Waals surface area contributed by atoms with Crippen molar-refractivity contribution in [2.24, 2.45) is 4.99 Å². The van der Waals surface area contributed by atoms with Crippen molar-refractivity contribution in [3.05, 3.63) is 53.1 Å². The van der Waals surface area contributed by atoms with E-state index in [0.717, 1.165) is 48.2 Å². The first-order valence-corrected chi connectivity index (χ1v) is 9.56. The van der Waals surface area contributed by atoms with Crippen LogP contribution in [0.5, 0.6) is 17.2 Å². The molecule has 150 valence electrons. The third kappa shape index (κ3) is 4.88. The molecule has 2 N–H and O–H groups in total. The van der Waals surface area contributed by atoms with E-state index in [-0.39, 0.29) is 6.10 Å². The van der Waals surface area contributed by atoms with Gasteiger partial charge in [-0.1, -0.05) is 12.1 Å². The zero-order chi connectivity index (χ0) is 19.9. The molecule has 1 heterocycles. The fourth-order valence-corrected chi connectivity index (χ4v) is 3.33. The second-order valence-corrected chi connectivity index (χ2v) is 6.85. The average Bonchev–Trinajstić information content (AvgIpc) is 3.09. The van der Waals surface area contributed by atoms with E-state index in [2.05, 4.69) is 46.8 Å². The second kappa shape index (κ2) is 9.35. The maximum absolute atomic E-state index is 5.87. The molecule has 2 aromatic rings. The van der Waals surface area contributed by atoms with Crippen molar-refractivity contribution >= 4 is 5.96 Å². The van der Waals surface area contributed by atoms with Gasteiger partial charge in [-0.15, -0.1) is 0 Å². The van der Waals surface area contributed by atoms with Crippen LogP contribution in [-0.4, -0.2) is 39.9 Å². The van der Waals surface area contributed by atoms with Crippen LogP contribution in [-0.2, 0) is 19.4 Å². The molecule has 0 saturated carbocycles. The maximum Gasteiger partial charge on any atom is 0.191 e. The summed E-state index contributed by atoms with van der Waals surface area (Å²) < 4.78 is 16.6. The van der Waals surface area contributed by atoms with Crippen LogP contribution in [0.2, 0.25) is 0 Å². The van der Waals surface area contributed by atoms with Gasteiger partial charge in [0.2, 0.25) is 0 Å². The third-order valence-corrected chi connectivity index (χ3v) is 4.83. The molecule has 2 aromatic carbocycles. The summed E-state index contributed by atoms with van der Waals surface area (Å²) in [5.41, 5.74) is 3.50. The first-order chi connectivity index (χ1) is 13.6. The van der Waals surface area contributed by atoms with Crippen LogP contribution in [0.25, 0.3) is 0 Å². The van der Waals surface area contributed by atoms with Gasteiger partial charge in [0.1, 0.15) is 23.4 Å². The molecule has 1 atom stereocenters. The molecule has 3 rings (SSSR count). The van der Waals surface area contributed by atoms with Crippen molar-refractivity contribution in [1.82, 2.24) is 10.6 Å². The average molecular weight is 383 g/mol. The lowest BCUT2D eigenvalue weighted by Crippen LogP contribution is -2.37. The van der Waals surface area contributed by atoms with Gasteiger partial charge in [-0.25, -0.2) is 0 Å². The van der Waals surface area contributed by atoms with E-state index in [0.29, 0.717) is 6.54 Å². The van der Waals surface area contributed by atoms with Gasteiger partial charge >= 0.3 is 0 Å². The van der Waals surface area contributed by atoms with Crippen LogP contribution < -0.4 is 24.8 Å². The second-order valence-electron chi connectivity index (χ2n) is 6.85. The van der Waals surface area contributed by atoms with Crippen molar-refractivity contribution < 1.29 is 14.2 Å². The predicted molar refractivity (Wildman–Crippen MR) is 112 cm³/mol. The van der Waals surface area contributed by atoms with Crippen LogP contribution in [0.15, 0.2) is 41.4 Å². The summed E-state index contributed by atoms with van der Waals surface area (Å²) >= 11 is 0. The summed E-state index contributed by atoms with van der Waals surface area (Å²) in [6, 6.07) is 12.3. The third-order valence-electron chi connectivity index (χ3n) is 4.83. The van der Waals surface area contributed by atoms with Gasteiger partial charge in [-0.05, 0) is 43.2 Å². The Labute approximate surface area is 166 Å². The Morgan fingerprint density at radius 3 is 2.61 bits per heavy atom. The Morgan fingerprint density at radius 2 is 1.93 bits per heavy atom. The summed E-state index contributed by atoms with van der Waals surface area (Å²) in [5.74, 6) is 3.45. The summed E-state index contributed by atoms with van der Waals surface area (Å²) in [5, 5.41) is 6.70. The number of nitrogens with one attached hydrogen (secondary N) is 2. The predicted octanol–water partition coefficient (Wildman–Crippen LogP) is 2.93. The SMILES string of the molecule is CN=C(NCCc1ccc(OC)cc1)NCc1cc2c(cc1OC)CC(C)O2. The number of methoxy groups -OCH3 is 2. The zero-order valence-corrected chi connectivity index (χ0v) is 17.0. The molecule has 28 heavy (non-hydrogen) atoms. The molecule has 6 heteroatoms. The largest absolute Gasteiger partial charge is 0.497 e. The fraction of sp³-hybridized carbons (Fsp3) is 0.409. The molecule has 0 aromatic heterocycles. The highest BCUT2D eigenvalue weighted by atomic mass is 16.5. The summed E-state index contributed by atoms with van der Waals surface area (Å²) in [7, 11) is 5.15. The Hall–Kier alpha value is -2.89. The van der Waals surface area contributed by atoms with Gasteiger partial charge in [0.15, 0.2) is 5.96 Å². The van der Waals surface area contributed by atoms with Gasteiger partial charge < -0.3 is 24.8 Å². The number of fused-ring (bicyclic) bond motifs is 1. The standard InChI is InChI=1S/C22H29N3O3/c1-15-11-17-12-20(27-4)18(13-21(17)28-15)14-25-22(23-2)24-10-9-16-5-7-19(26-3)8-6-16/h5-8,12-13,15H,9-11,14H2,1-4H3,(H2,23,24,25). The van der Waals surface area contributed by atoms with E-state index in [9.17, 15) is 0 Å². The van der Waals surface area contributed by atoms with Gasteiger partial charge in [-0.2, -0.15) is 0 Å². The van der Waals surface area contributed by atoms with Crippen molar-refractivity contribution in [3.63, 3.8) is 0 Å². The van der Waals surface area contributed by atoms with E-state index >= 15 is 0 Å². The fourth-order valence-electron chi connectivity index (χ4n) is 3.33. The van der Waals surface area contributed by atoms with Gasteiger partial charge in [0.05, 0.1) is 14.2 Å². The minimum atomic E-state index is 0.218. The zero-order valence-electron chi connectivity index (χ0n) is 17.0. The van der Waals surface area contributed by atoms with Crippen molar-refractivity contribution in [1.29, 1.82) is 0 Å². The molecule has 0 spiro atoms. The summed E-state index contributed by atoms with van der Waals surface area (Å²) in [6.07, 6.45) is 2.04. The Bertz CT molecular complexity index is 819. The highest BCUT2D eigenvalue weighted by molar-refractivity contribution is 5.79. The topological polar surface area (TPSA) is 64.1 Å². The minimum Gasteiger partial charge on any atom is -0.497 e. The molecule has 0 aliphatic carbocycles. The monoisotopic (exact) mass is 383 g/mol. The lowest BCUT2D eigenvalue weighted by Gasteiger charge is -2.15. The summed E-state index contributed by atoms with van der Waals surface area (Å²) in [4.78, 5) is 4.30. The molecule has 0 radical (unpaired) electrons. The maximum atomic E-state index is 5.87. The number of rotatable bonds is 7. The van der Waals surface area contributed by atoms with Crippen LogP contribution in [0.4, 0.5) is 0 Å². The minimum absolute atomic E-state index is 0.218. The lowest BCUT2D eigenvalue weighted by atomic mass is 10.1. The Morgan fingerprint density at radius 1 is 1.14 bits per heavy atom. The Balaban J connectivity index is 1.53. The lowest BCUT2D eigenvalue weighted by molar-refractivity contribution is 0.254. The van der Waals surface area contributed by atoms with E-state index < -0.39 is 0 Å². The quantitative estimate of drug-likeness (QED) is 0.569. The highest BCUT2D eigenvalue weighted by Gasteiger charge is 2.21. The highest BCUT2D eigenvalue weighted by Crippen LogP contribution is 2.34. The molecule has 6 nitrogen and oxygen atoms in total. The van der Waals surface area contributed by atoms with Gasteiger partial charge in [0, 0.05) is 37.7 Å². The van der Waals surface area contributed by atoms with E-state index in [4.69, 9.17) is 14.2 Å². The number of hydrogen-bond acceptors (Lipinski definition) is 4. The van der Waals surface area contributed by atoms with Crippen LogP contribution in [0.3, 0.4) is 0 Å². The van der Waals surface area contributed by atoms with E-state index in [1.165, 1.54) is 11.1 Å². The molecule has 0 fully saturated rings. The number of nitrogens with zero attached hydrogens (tertiary/aromatic N) is 1. The first kappa shape index (κ1) is 19.9. The van der Waals surface area contributed by atoms with Crippen LogP contribution in [0, 0.1) is 0 Å². The van der Waals surface area contributed by atoms with Crippen LogP contribution >= 0.6 is 0 Å². The normalized spacial score (nSPS) is 15.6. The molecule has 0 saturated heterocycles. The smallest absolute Gasteiger partial charge is 0.191 e. The number of guanidine groups is 1. The van der Waals surface area contributed by atoms with E-state index in [1.807, 2.05) is 12.1 Å². The number of hydrogen-bond donors (Lipinski definition) is 2. The van der Waals surface area contributed by atoms with Crippen molar-refractivity contribution in [2.75, 3.05) is 27.8 Å². The number of aliphatic imine (C=N–C) groups is 1. The first-order valence-electron chi connectivity index (χ1n) is 9.56. The number of ether oxygens (including phenoxy) is 3.